The van der Waals surface area contributed by atoms with Crippen LogP contribution in [0.2, 0.25) is 0 Å². The van der Waals surface area contributed by atoms with Crippen LogP contribution in [0, 0.1) is 0 Å². The molecule has 0 unspecified atom stereocenters. The standard InChI is InChI=1S/C13H13N3S/c14-11-7-15-13(16-8-11)17-12-5-4-9-2-1-3-10(9)6-12/h4-8H,1-3,14H2. The number of aryl methyl sites for hydroxylation is 2. The fraction of sp³-hybridized carbons (Fsp3) is 0.231. The van der Waals surface area contributed by atoms with Crippen LogP contribution in [0.5, 0.6) is 0 Å². The van der Waals surface area contributed by atoms with Crippen molar-refractivity contribution in [1.29, 1.82) is 0 Å². The van der Waals surface area contributed by atoms with Crippen molar-refractivity contribution >= 4 is 17.4 Å². The van der Waals surface area contributed by atoms with Gasteiger partial charge in [0.2, 0.25) is 0 Å². The highest BCUT2D eigenvalue weighted by Crippen LogP contribution is 2.30. The molecule has 0 aliphatic heterocycles. The average molecular weight is 243 g/mol. The van der Waals surface area contributed by atoms with Gasteiger partial charge in [0.15, 0.2) is 5.16 Å². The van der Waals surface area contributed by atoms with Crippen molar-refractivity contribution in [3.8, 4) is 0 Å². The molecular formula is C13H13N3S. The van der Waals surface area contributed by atoms with Crippen molar-refractivity contribution in [2.75, 3.05) is 5.73 Å². The minimum atomic E-state index is 0.600. The number of benzene rings is 1. The van der Waals surface area contributed by atoms with Gasteiger partial charge in [0.25, 0.3) is 0 Å². The molecule has 0 saturated heterocycles. The van der Waals surface area contributed by atoms with E-state index >= 15 is 0 Å². The maximum absolute atomic E-state index is 5.56. The first-order valence-electron chi connectivity index (χ1n) is 5.68. The smallest absolute Gasteiger partial charge is 0.192 e. The summed E-state index contributed by atoms with van der Waals surface area (Å²) < 4.78 is 0. The second-order valence-corrected chi connectivity index (χ2v) is 5.23. The predicted molar refractivity (Wildman–Crippen MR) is 69.0 cm³/mol. The number of rotatable bonds is 2. The highest BCUT2D eigenvalue weighted by atomic mass is 32.2. The van der Waals surface area contributed by atoms with Crippen molar-refractivity contribution in [2.45, 2.75) is 29.3 Å². The molecule has 3 nitrogen and oxygen atoms in total. The molecule has 1 aliphatic carbocycles. The Labute approximate surface area is 104 Å². The van der Waals surface area contributed by atoms with E-state index in [9.17, 15) is 0 Å². The summed E-state index contributed by atoms with van der Waals surface area (Å²) in [6.07, 6.45) is 6.98. The van der Waals surface area contributed by atoms with E-state index in [4.69, 9.17) is 5.73 Å². The Kier molecular flexibility index (Phi) is 2.73. The van der Waals surface area contributed by atoms with E-state index in [-0.39, 0.29) is 0 Å². The molecule has 1 aromatic heterocycles. The third-order valence-electron chi connectivity index (χ3n) is 2.93. The molecule has 4 heteroatoms. The Morgan fingerprint density at radius 2 is 1.82 bits per heavy atom. The molecule has 0 saturated carbocycles. The maximum atomic E-state index is 5.56. The SMILES string of the molecule is Nc1cnc(Sc2ccc3c(c2)CCC3)nc1. The quantitative estimate of drug-likeness (QED) is 0.824. The molecule has 1 heterocycles. The van der Waals surface area contributed by atoms with Crippen molar-refractivity contribution in [2.24, 2.45) is 0 Å². The minimum Gasteiger partial charge on any atom is -0.396 e. The molecule has 17 heavy (non-hydrogen) atoms. The molecule has 3 rings (SSSR count). The van der Waals surface area contributed by atoms with Gasteiger partial charge in [0.1, 0.15) is 0 Å². The maximum Gasteiger partial charge on any atom is 0.192 e. The Morgan fingerprint density at radius 3 is 2.65 bits per heavy atom. The number of anilines is 1. The summed E-state index contributed by atoms with van der Waals surface area (Å²) in [6.45, 7) is 0. The molecule has 2 aromatic rings. The number of nitrogen functional groups attached to an aromatic ring is 1. The van der Waals surface area contributed by atoms with Gasteiger partial charge in [0.05, 0.1) is 18.1 Å². The highest BCUT2D eigenvalue weighted by molar-refractivity contribution is 7.99. The van der Waals surface area contributed by atoms with E-state index in [0.29, 0.717) is 5.69 Å². The molecule has 0 spiro atoms. The second kappa shape index (κ2) is 4.37. The van der Waals surface area contributed by atoms with Crippen LogP contribution in [0.25, 0.3) is 0 Å². The van der Waals surface area contributed by atoms with Gasteiger partial charge in [0, 0.05) is 4.90 Å². The Balaban J connectivity index is 1.83. The molecule has 0 atom stereocenters. The summed E-state index contributed by atoms with van der Waals surface area (Å²) in [6, 6.07) is 6.63. The second-order valence-electron chi connectivity index (χ2n) is 4.19. The average Bonchev–Trinajstić information content (AvgIpc) is 2.79. The lowest BCUT2D eigenvalue weighted by Gasteiger charge is -2.03. The number of aromatic nitrogens is 2. The van der Waals surface area contributed by atoms with Gasteiger partial charge in [-0.05, 0) is 54.3 Å². The predicted octanol–water partition coefficient (Wildman–Crippen LogP) is 2.70. The van der Waals surface area contributed by atoms with Crippen LogP contribution in [0.1, 0.15) is 17.5 Å². The van der Waals surface area contributed by atoms with Gasteiger partial charge in [-0.2, -0.15) is 0 Å². The third-order valence-corrected chi connectivity index (χ3v) is 3.81. The van der Waals surface area contributed by atoms with E-state index in [0.717, 1.165) is 5.16 Å². The molecule has 0 bridgehead atoms. The Morgan fingerprint density at radius 1 is 1.06 bits per heavy atom. The number of fused-ring (bicyclic) bond motifs is 1. The van der Waals surface area contributed by atoms with Crippen molar-refractivity contribution in [3.63, 3.8) is 0 Å². The fourth-order valence-corrected chi connectivity index (χ4v) is 2.85. The highest BCUT2D eigenvalue weighted by Gasteiger charge is 2.11. The zero-order chi connectivity index (χ0) is 11.7. The Hall–Kier alpha value is -1.55. The van der Waals surface area contributed by atoms with Crippen LogP contribution >= 0.6 is 11.8 Å². The lowest BCUT2D eigenvalue weighted by Crippen LogP contribution is -1.91. The zero-order valence-corrected chi connectivity index (χ0v) is 10.2. The number of hydrogen-bond acceptors (Lipinski definition) is 4. The summed E-state index contributed by atoms with van der Waals surface area (Å²) in [5.41, 5.74) is 9.13. The summed E-state index contributed by atoms with van der Waals surface area (Å²) in [5.74, 6) is 0. The van der Waals surface area contributed by atoms with Crippen molar-refractivity contribution < 1.29 is 0 Å². The van der Waals surface area contributed by atoms with Crippen LogP contribution < -0.4 is 5.73 Å². The van der Waals surface area contributed by atoms with Gasteiger partial charge in [-0.15, -0.1) is 0 Å². The molecule has 0 amide bonds. The van der Waals surface area contributed by atoms with Crippen molar-refractivity contribution in [1.82, 2.24) is 9.97 Å². The summed E-state index contributed by atoms with van der Waals surface area (Å²) in [4.78, 5) is 9.59. The van der Waals surface area contributed by atoms with Gasteiger partial charge >= 0.3 is 0 Å². The summed E-state index contributed by atoms with van der Waals surface area (Å²) >= 11 is 1.58. The van der Waals surface area contributed by atoms with Crippen LogP contribution in [-0.4, -0.2) is 9.97 Å². The lowest BCUT2D eigenvalue weighted by atomic mass is 10.1. The number of nitrogens with two attached hydrogens (primary N) is 1. The van der Waals surface area contributed by atoms with Crippen LogP contribution in [0.3, 0.4) is 0 Å². The third kappa shape index (κ3) is 2.26. The van der Waals surface area contributed by atoms with E-state index in [1.54, 1.807) is 24.2 Å². The normalized spacial score (nSPS) is 13.6. The summed E-state index contributed by atoms with van der Waals surface area (Å²) in [5, 5.41) is 0.747. The van der Waals surface area contributed by atoms with E-state index in [2.05, 4.69) is 28.2 Å². The monoisotopic (exact) mass is 243 g/mol. The molecule has 1 aromatic carbocycles. The van der Waals surface area contributed by atoms with Gasteiger partial charge in [-0.1, -0.05) is 6.07 Å². The number of nitrogens with zero attached hydrogens (tertiary/aromatic N) is 2. The first kappa shape index (κ1) is 10.6. The van der Waals surface area contributed by atoms with Gasteiger partial charge in [-0.25, -0.2) is 9.97 Å². The summed E-state index contributed by atoms with van der Waals surface area (Å²) in [7, 11) is 0. The largest absolute Gasteiger partial charge is 0.396 e. The zero-order valence-electron chi connectivity index (χ0n) is 9.39. The molecular weight excluding hydrogens is 230 g/mol. The first-order valence-corrected chi connectivity index (χ1v) is 6.50. The van der Waals surface area contributed by atoms with Gasteiger partial charge in [-0.3, -0.25) is 0 Å². The van der Waals surface area contributed by atoms with Gasteiger partial charge < -0.3 is 5.73 Å². The Bertz CT molecular complexity index is 537. The van der Waals surface area contributed by atoms with E-state index < -0.39 is 0 Å². The van der Waals surface area contributed by atoms with E-state index in [1.165, 1.54) is 35.3 Å². The minimum absolute atomic E-state index is 0.600. The van der Waals surface area contributed by atoms with Crippen molar-refractivity contribution in [3.05, 3.63) is 41.7 Å². The molecule has 0 radical (unpaired) electrons. The van der Waals surface area contributed by atoms with E-state index in [1.807, 2.05) is 0 Å². The van der Waals surface area contributed by atoms with Crippen LogP contribution in [0.15, 0.2) is 40.6 Å². The van der Waals surface area contributed by atoms with Crippen LogP contribution in [0.4, 0.5) is 5.69 Å². The van der Waals surface area contributed by atoms with Crippen LogP contribution in [-0.2, 0) is 12.8 Å². The molecule has 0 fully saturated rings. The first-order chi connectivity index (χ1) is 8.31. The fourth-order valence-electron chi connectivity index (χ4n) is 2.10. The topological polar surface area (TPSA) is 51.8 Å². The number of hydrogen-bond donors (Lipinski definition) is 1. The molecule has 86 valence electrons. The molecule has 1 aliphatic rings. The molecule has 2 N–H and O–H groups in total. The lowest BCUT2D eigenvalue weighted by molar-refractivity contribution is 0.911.